The first kappa shape index (κ1) is 16.6. The molecule has 0 radical (unpaired) electrons. The van der Waals surface area contributed by atoms with Crippen molar-refractivity contribution < 1.29 is 9.47 Å². The van der Waals surface area contributed by atoms with E-state index in [9.17, 15) is 0 Å². The maximum Gasteiger partial charge on any atom is 0.0784 e. The van der Waals surface area contributed by atoms with E-state index in [1.54, 1.807) is 7.11 Å². The number of hydrogen-bond donors (Lipinski definition) is 1. The third-order valence-corrected chi connectivity index (χ3v) is 3.49. The van der Waals surface area contributed by atoms with Gasteiger partial charge in [0.1, 0.15) is 0 Å². The summed E-state index contributed by atoms with van der Waals surface area (Å²) in [4.78, 5) is 0. The van der Waals surface area contributed by atoms with Crippen LogP contribution in [0.15, 0.2) is 22.7 Å². The van der Waals surface area contributed by atoms with Crippen LogP contribution in [0.5, 0.6) is 0 Å². The normalized spacial score (nSPS) is 12.9. The maximum atomic E-state index is 5.72. The quantitative estimate of drug-likeness (QED) is 0.791. The summed E-state index contributed by atoms with van der Waals surface area (Å²) in [6.45, 7) is 8.41. The van der Waals surface area contributed by atoms with E-state index in [0.717, 1.165) is 16.6 Å². The summed E-state index contributed by atoms with van der Waals surface area (Å²) in [5, 5.41) is 3.41. The van der Waals surface area contributed by atoms with Gasteiger partial charge in [0.15, 0.2) is 0 Å². The molecule has 0 bridgehead atoms. The van der Waals surface area contributed by atoms with E-state index in [-0.39, 0.29) is 6.10 Å². The van der Waals surface area contributed by atoms with E-state index in [4.69, 9.17) is 9.47 Å². The molecule has 0 saturated carbocycles. The van der Waals surface area contributed by atoms with Crippen molar-refractivity contribution in [3.05, 3.63) is 33.8 Å². The highest BCUT2D eigenvalue weighted by molar-refractivity contribution is 9.10. The zero-order chi connectivity index (χ0) is 14.3. The lowest BCUT2D eigenvalue weighted by Gasteiger charge is -2.14. The molecule has 1 aromatic rings. The minimum atomic E-state index is 0.110. The van der Waals surface area contributed by atoms with Gasteiger partial charge in [-0.3, -0.25) is 0 Å². The Bertz CT molecular complexity index is 382. The average molecular weight is 330 g/mol. The highest BCUT2D eigenvalue weighted by Crippen LogP contribution is 2.20. The number of rotatable bonds is 8. The zero-order valence-corrected chi connectivity index (χ0v) is 13.8. The van der Waals surface area contributed by atoms with Crippen molar-refractivity contribution >= 4 is 15.9 Å². The molecule has 0 aliphatic carbocycles. The van der Waals surface area contributed by atoms with Crippen LogP contribution in [-0.4, -0.2) is 25.9 Å². The highest BCUT2D eigenvalue weighted by atomic mass is 79.9. The Balaban J connectivity index is 2.52. The van der Waals surface area contributed by atoms with Crippen LogP contribution >= 0.6 is 15.9 Å². The predicted molar refractivity (Wildman–Crippen MR) is 82.2 cm³/mol. The van der Waals surface area contributed by atoms with Crippen molar-refractivity contribution in [1.29, 1.82) is 0 Å². The summed E-state index contributed by atoms with van der Waals surface area (Å²) in [6, 6.07) is 6.90. The lowest BCUT2D eigenvalue weighted by molar-refractivity contribution is -0.000332. The Hall–Kier alpha value is -0.420. The second kappa shape index (κ2) is 8.69. The van der Waals surface area contributed by atoms with Gasteiger partial charge in [-0.15, -0.1) is 0 Å². The van der Waals surface area contributed by atoms with Crippen molar-refractivity contribution in [3.8, 4) is 0 Å². The fourth-order valence-corrected chi connectivity index (χ4v) is 2.20. The Labute approximate surface area is 124 Å². The van der Waals surface area contributed by atoms with Crippen LogP contribution in [-0.2, 0) is 22.6 Å². The first-order valence-corrected chi connectivity index (χ1v) is 7.43. The Morgan fingerprint density at radius 3 is 2.58 bits per heavy atom. The fraction of sp³-hybridized carbons (Fsp3) is 0.600. The monoisotopic (exact) mass is 329 g/mol. The molecule has 108 valence electrons. The van der Waals surface area contributed by atoms with E-state index in [1.807, 2.05) is 6.92 Å². The highest BCUT2D eigenvalue weighted by Gasteiger charge is 2.06. The molecule has 0 spiro atoms. The second-order valence-electron chi connectivity index (χ2n) is 5.04. The van der Waals surface area contributed by atoms with Crippen LogP contribution in [0.3, 0.4) is 0 Å². The van der Waals surface area contributed by atoms with Gasteiger partial charge in [-0.1, -0.05) is 41.9 Å². The summed E-state index contributed by atoms with van der Waals surface area (Å²) in [5.41, 5.74) is 2.44. The minimum Gasteiger partial charge on any atom is -0.382 e. The van der Waals surface area contributed by atoms with Gasteiger partial charge in [-0.2, -0.15) is 0 Å². The van der Waals surface area contributed by atoms with Crippen LogP contribution in [0.1, 0.15) is 31.9 Å². The Morgan fingerprint density at radius 2 is 2.00 bits per heavy atom. The van der Waals surface area contributed by atoms with E-state index < -0.39 is 0 Å². The number of nitrogens with one attached hydrogen (secondary N) is 1. The number of benzene rings is 1. The molecular weight excluding hydrogens is 306 g/mol. The standard InChI is InChI=1S/C15H24BrNO2/c1-11(2)17-8-13-5-6-14(15(16)7-13)10-19-12(3)9-18-4/h5-7,11-12,17H,8-10H2,1-4H3. The van der Waals surface area contributed by atoms with Crippen molar-refractivity contribution in [2.75, 3.05) is 13.7 Å². The summed E-state index contributed by atoms with van der Waals surface area (Å²) >= 11 is 3.60. The summed E-state index contributed by atoms with van der Waals surface area (Å²) < 4.78 is 11.9. The molecule has 0 aliphatic heterocycles. The molecule has 0 saturated heterocycles. The molecule has 4 heteroatoms. The van der Waals surface area contributed by atoms with Gasteiger partial charge in [0.05, 0.1) is 19.3 Å². The largest absolute Gasteiger partial charge is 0.382 e. The summed E-state index contributed by atoms with van der Waals surface area (Å²) in [6.07, 6.45) is 0.110. The smallest absolute Gasteiger partial charge is 0.0784 e. The van der Waals surface area contributed by atoms with Crippen molar-refractivity contribution in [2.24, 2.45) is 0 Å². The van der Waals surface area contributed by atoms with Crippen LogP contribution in [0.2, 0.25) is 0 Å². The van der Waals surface area contributed by atoms with Crippen LogP contribution < -0.4 is 5.32 Å². The van der Waals surface area contributed by atoms with E-state index in [1.165, 1.54) is 5.56 Å². The molecule has 0 heterocycles. The first-order valence-electron chi connectivity index (χ1n) is 6.64. The Morgan fingerprint density at radius 1 is 1.26 bits per heavy atom. The lowest BCUT2D eigenvalue weighted by atomic mass is 10.1. The van der Waals surface area contributed by atoms with Gasteiger partial charge in [-0.25, -0.2) is 0 Å². The van der Waals surface area contributed by atoms with Gasteiger partial charge >= 0.3 is 0 Å². The first-order chi connectivity index (χ1) is 9.02. The number of ether oxygens (including phenoxy) is 2. The molecule has 1 unspecified atom stereocenters. The van der Waals surface area contributed by atoms with E-state index in [0.29, 0.717) is 19.3 Å². The van der Waals surface area contributed by atoms with E-state index >= 15 is 0 Å². The molecule has 19 heavy (non-hydrogen) atoms. The summed E-state index contributed by atoms with van der Waals surface area (Å²) in [5.74, 6) is 0. The molecule has 0 aromatic heterocycles. The van der Waals surface area contributed by atoms with Gasteiger partial charge in [0.2, 0.25) is 0 Å². The number of halogens is 1. The molecule has 1 rings (SSSR count). The lowest BCUT2D eigenvalue weighted by Crippen LogP contribution is -2.21. The van der Waals surface area contributed by atoms with Crippen LogP contribution in [0, 0.1) is 0 Å². The average Bonchev–Trinajstić information content (AvgIpc) is 2.35. The van der Waals surface area contributed by atoms with Crippen LogP contribution in [0.25, 0.3) is 0 Å². The SMILES string of the molecule is COCC(C)OCc1ccc(CNC(C)C)cc1Br. The van der Waals surface area contributed by atoms with Crippen molar-refractivity contribution in [1.82, 2.24) is 5.32 Å². The maximum absolute atomic E-state index is 5.72. The van der Waals surface area contributed by atoms with E-state index in [2.05, 4.69) is 53.3 Å². The third-order valence-electron chi connectivity index (χ3n) is 2.76. The van der Waals surface area contributed by atoms with Crippen LogP contribution in [0.4, 0.5) is 0 Å². The minimum absolute atomic E-state index is 0.110. The molecule has 1 atom stereocenters. The molecule has 0 aliphatic rings. The Kier molecular flexibility index (Phi) is 7.61. The van der Waals surface area contributed by atoms with Gasteiger partial charge in [0, 0.05) is 24.2 Å². The number of methoxy groups -OCH3 is 1. The molecule has 3 nitrogen and oxygen atoms in total. The molecule has 0 amide bonds. The zero-order valence-electron chi connectivity index (χ0n) is 12.2. The van der Waals surface area contributed by atoms with Crippen molar-refractivity contribution in [2.45, 2.75) is 46.1 Å². The molecule has 1 N–H and O–H groups in total. The van der Waals surface area contributed by atoms with Gasteiger partial charge < -0.3 is 14.8 Å². The van der Waals surface area contributed by atoms with Gasteiger partial charge in [0.25, 0.3) is 0 Å². The number of hydrogen-bond acceptors (Lipinski definition) is 3. The predicted octanol–water partition coefficient (Wildman–Crippen LogP) is 3.50. The van der Waals surface area contributed by atoms with Gasteiger partial charge in [-0.05, 0) is 24.1 Å². The molecule has 0 fully saturated rings. The third kappa shape index (κ3) is 6.52. The fourth-order valence-electron chi connectivity index (χ4n) is 1.65. The second-order valence-corrected chi connectivity index (χ2v) is 5.89. The molecular formula is C15H24BrNO2. The topological polar surface area (TPSA) is 30.5 Å². The van der Waals surface area contributed by atoms with Crippen molar-refractivity contribution in [3.63, 3.8) is 0 Å². The summed E-state index contributed by atoms with van der Waals surface area (Å²) in [7, 11) is 1.69. The molecule has 1 aromatic carbocycles.